The summed E-state index contributed by atoms with van der Waals surface area (Å²) in [5.74, 6) is -0.534. The summed E-state index contributed by atoms with van der Waals surface area (Å²) in [5, 5.41) is 2.83. The molecule has 4 heteroatoms. The fourth-order valence-corrected chi connectivity index (χ4v) is 2.77. The maximum Gasteiger partial charge on any atom is 0.338 e. The summed E-state index contributed by atoms with van der Waals surface area (Å²) in [6.45, 7) is 2.07. The Bertz CT molecular complexity index is 918. The Morgan fingerprint density at radius 1 is 0.852 bits per heavy atom. The lowest BCUT2D eigenvalue weighted by Gasteiger charge is -2.08. The zero-order valence-corrected chi connectivity index (χ0v) is 15.1. The predicted molar refractivity (Wildman–Crippen MR) is 107 cm³/mol. The standard InChI is InChI=1S/C23H21NO3/c1-2-27-23(26)20-9-6-10-21(16-20)24-22(25)15-17-11-13-19(14-12-17)18-7-4-3-5-8-18/h3-14,16H,2,15H2,1H3,(H,24,25). The van der Waals surface area contributed by atoms with E-state index in [0.717, 1.165) is 16.7 Å². The first-order valence-electron chi connectivity index (χ1n) is 8.87. The second-order valence-electron chi connectivity index (χ2n) is 6.09. The van der Waals surface area contributed by atoms with E-state index in [9.17, 15) is 9.59 Å². The highest BCUT2D eigenvalue weighted by molar-refractivity contribution is 5.95. The smallest absolute Gasteiger partial charge is 0.338 e. The average molecular weight is 359 g/mol. The van der Waals surface area contributed by atoms with Crippen LogP contribution in [0.15, 0.2) is 78.9 Å². The van der Waals surface area contributed by atoms with Crippen molar-refractivity contribution in [2.45, 2.75) is 13.3 Å². The Morgan fingerprint density at radius 2 is 1.56 bits per heavy atom. The van der Waals surface area contributed by atoms with Crippen molar-refractivity contribution in [2.75, 3.05) is 11.9 Å². The van der Waals surface area contributed by atoms with E-state index < -0.39 is 5.97 Å². The van der Waals surface area contributed by atoms with E-state index in [1.165, 1.54) is 0 Å². The molecule has 0 aromatic heterocycles. The highest BCUT2D eigenvalue weighted by atomic mass is 16.5. The van der Waals surface area contributed by atoms with Crippen molar-refractivity contribution in [1.29, 1.82) is 0 Å². The SMILES string of the molecule is CCOC(=O)c1cccc(NC(=O)Cc2ccc(-c3ccccc3)cc2)c1. The highest BCUT2D eigenvalue weighted by Crippen LogP contribution is 2.19. The van der Waals surface area contributed by atoms with Gasteiger partial charge in [-0.15, -0.1) is 0 Å². The molecular weight excluding hydrogens is 338 g/mol. The number of hydrogen-bond acceptors (Lipinski definition) is 3. The van der Waals surface area contributed by atoms with Gasteiger partial charge < -0.3 is 10.1 Å². The molecular formula is C23H21NO3. The zero-order valence-electron chi connectivity index (χ0n) is 15.1. The van der Waals surface area contributed by atoms with E-state index in [1.54, 1.807) is 31.2 Å². The van der Waals surface area contributed by atoms with Gasteiger partial charge in [-0.25, -0.2) is 4.79 Å². The summed E-state index contributed by atoms with van der Waals surface area (Å²) in [5.41, 5.74) is 4.17. The third-order valence-corrected chi connectivity index (χ3v) is 4.08. The van der Waals surface area contributed by atoms with Gasteiger partial charge in [0.2, 0.25) is 5.91 Å². The number of hydrogen-bond donors (Lipinski definition) is 1. The first kappa shape index (κ1) is 18.4. The molecule has 0 heterocycles. The Morgan fingerprint density at radius 3 is 2.26 bits per heavy atom. The van der Waals surface area contributed by atoms with Crippen LogP contribution in [0.4, 0.5) is 5.69 Å². The molecule has 136 valence electrons. The molecule has 0 aliphatic heterocycles. The molecule has 0 aliphatic rings. The van der Waals surface area contributed by atoms with Crippen LogP contribution >= 0.6 is 0 Å². The van der Waals surface area contributed by atoms with E-state index >= 15 is 0 Å². The molecule has 0 unspecified atom stereocenters. The van der Waals surface area contributed by atoms with Gasteiger partial charge in [-0.05, 0) is 41.8 Å². The number of carbonyl (C=O) groups excluding carboxylic acids is 2. The minimum Gasteiger partial charge on any atom is -0.462 e. The Hall–Kier alpha value is -3.40. The van der Waals surface area contributed by atoms with Crippen molar-refractivity contribution in [2.24, 2.45) is 0 Å². The summed E-state index contributed by atoms with van der Waals surface area (Å²) >= 11 is 0. The normalized spacial score (nSPS) is 10.3. The van der Waals surface area contributed by atoms with Gasteiger partial charge in [-0.1, -0.05) is 60.7 Å². The van der Waals surface area contributed by atoms with Crippen LogP contribution in [0.5, 0.6) is 0 Å². The van der Waals surface area contributed by atoms with Gasteiger partial charge >= 0.3 is 5.97 Å². The van der Waals surface area contributed by atoms with Gasteiger partial charge in [0.05, 0.1) is 18.6 Å². The first-order valence-corrected chi connectivity index (χ1v) is 8.87. The van der Waals surface area contributed by atoms with Crippen LogP contribution in [-0.4, -0.2) is 18.5 Å². The molecule has 3 aromatic rings. The lowest BCUT2D eigenvalue weighted by molar-refractivity contribution is -0.115. The summed E-state index contributed by atoms with van der Waals surface area (Å²) in [6.07, 6.45) is 0.263. The van der Waals surface area contributed by atoms with Crippen molar-refractivity contribution in [1.82, 2.24) is 0 Å². The Kier molecular flexibility index (Phi) is 6.00. The van der Waals surface area contributed by atoms with Crippen LogP contribution in [0.25, 0.3) is 11.1 Å². The number of benzene rings is 3. The molecule has 1 amide bonds. The van der Waals surface area contributed by atoms with Crippen molar-refractivity contribution >= 4 is 17.6 Å². The van der Waals surface area contributed by atoms with Gasteiger partial charge in [0.15, 0.2) is 0 Å². The minimum atomic E-state index is -0.398. The molecule has 4 nitrogen and oxygen atoms in total. The van der Waals surface area contributed by atoms with E-state index in [1.807, 2.05) is 42.5 Å². The topological polar surface area (TPSA) is 55.4 Å². The highest BCUT2D eigenvalue weighted by Gasteiger charge is 2.09. The van der Waals surface area contributed by atoms with Gasteiger partial charge in [0.1, 0.15) is 0 Å². The molecule has 0 fully saturated rings. The second kappa shape index (κ2) is 8.81. The predicted octanol–water partition coefficient (Wildman–Crippen LogP) is 4.71. The molecule has 3 rings (SSSR count). The number of rotatable bonds is 6. The fourth-order valence-electron chi connectivity index (χ4n) is 2.77. The van der Waals surface area contributed by atoms with Crippen LogP contribution < -0.4 is 5.32 Å². The molecule has 3 aromatic carbocycles. The first-order chi connectivity index (χ1) is 13.2. The van der Waals surface area contributed by atoms with E-state index in [2.05, 4.69) is 17.4 Å². The summed E-state index contributed by atoms with van der Waals surface area (Å²) in [4.78, 5) is 24.1. The van der Waals surface area contributed by atoms with Crippen molar-refractivity contribution in [3.8, 4) is 11.1 Å². The van der Waals surface area contributed by atoms with Crippen LogP contribution in [0.3, 0.4) is 0 Å². The second-order valence-corrected chi connectivity index (χ2v) is 6.09. The van der Waals surface area contributed by atoms with Crippen LogP contribution in [0.2, 0.25) is 0 Å². The molecule has 0 bridgehead atoms. The third-order valence-electron chi connectivity index (χ3n) is 4.08. The summed E-state index contributed by atoms with van der Waals surface area (Å²) in [7, 11) is 0. The van der Waals surface area contributed by atoms with Crippen molar-refractivity contribution in [3.63, 3.8) is 0 Å². The maximum atomic E-state index is 12.3. The zero-order chi connectivity index (χ0) is 19.1. The number of carbonyl (C=O) groups is 2. The molecule has 0 atom stereocenters. The molecule has 27 heavy (non-hydrogen) atoms. The van der Waals surface area contributed by atoms with E-state index in [-0.39, 0.29) is 12.3 Å². The molecule has 0 spiro atoms. The van der Waals surface area contributed by atoms with Gasteiger partial charge in [-0.2, -0.15) is 0 Å². The number of nitrogens with one attached hydrogen (secondary N) is 1. The lowest BCUT2D eigenvalue weighted by atomic mass is 10.0. The Labute approximate surface area is 158 Å². The number of esters is 1. The number of ether oxygens (including phenoxy) is 1. The van der Waals surface area contributed by atoms with Crippen LogP contribution in [0, 0.1) is 0 Å². The van der Waals surface area contributed by atoms with E-state index in [0.29, 0.717) is 17.9 Å². The maximum absolute atomic E-state index is 12.3. The molecule has 1 N–H and O–H groups in total. The van der Waals surface area contributed by atoms with Gasteiger partial charge in [0.25, 0.3) is 0 Å². The molecule has 0 aliphatic carbocycles. The van der Waals surface area contributed by atoms with Crippen molar-refractivity contribution in [3.05, 3.63) is 90.0 Å². The van der Waals surface area contributed by atoms with Gasteiger partial charge in [0, 0.05) is 5.69 Å². The minimum absolute atomic E-state index is 0.136. The third kappa shape index (κ3) is 5.05. The monoisotopic (exact) mass is 359 g/mol. The lowest BCUT2D eigenvalue weighted by Crippen LogP contribution is -2.15. The molecule has 0 saturated carbocycles. The van der Waals surface area contributed by atoms with Crippen LogP contribution in [-0.2, 0) is 16.0 Å². The quantitative estimate of drug-likeness (QED) is 0.649. The number of anilines is 1. The van der Waals surface area contributed by atoms with Crippen molar-refractivity contribution < 1.29 is 14.3 Å². The average Bonchev–Trinajstić information content (AvgIpc) is 2.69. The summed E-state index contributed by atoms with van der Waals surface area (Å²) in [6, 6.07) is 24.8. The van der Waals surface area contributed by atoms with Gasteiger partial charge in [-0.3, -0.25) is 4.79 Å². The molecule has 0 radical (unpaired) electrons. The molecule has 0 saturated heterocycles. The largest absolute Gasteiger partial charge is 0.462 e. The fraction of sp³-hybridized carbons (Fsp3) is 0.130. The summed E-state index contributed by atoms with van der Waals surface area (Å²) < 4.78 is 4.98. The Balaban J connectivity index is 1.63. The van der Waals surface area contributed by atoms with E-state index in [4.69, 9.17) is 4.74 Å². The number of amides is 1. The van der Waals surface area contributed by atoms with Crippen LogP contribution in [0.1, 0.15) is 22.8 Å².